The summed E-state index contributed by atoms with van der Waals surface area (Å²) in [5, 5.41) is 13.8. The number of amides is 1. The SMILES string of the molecule is N#C/C(=C\c1cc(Cl)c(OCC(=O)Nc2ccc(Cl)c(Cl)c2)c(Cl)c1)c1ccc(Cl)cc1. The molecule has 0 aromatic heterocycles. The number of carbonyl (C=O) groups is 1. The van der Waals surface area contributed by atoms with E-state index in [0.717, 1.165) is 0 Å². The number of nitriles is 1. The van der Waals surface area contributed by atoms with Crippen molar-refractivity contribution in [3.8, 4) is 11.8 Å². The lowest BCUT2D eigenvalue weighted by Crippen LogP contribution is -2.20. The van der Waals surface area contributed by atoms with Gasteiger partial charge in [0.1, 0.15) is 0 Å². The van der Waals surface area contributed by atoms with Crippen LogP contribution < -0.4 is 10.1 Å². The summed E-state index contributed by atoms with van der Waals surface area (Å²) in [6.45, 7) is -0.330. The van der Waals surface area contributed by atoms with Gasteiger partial charge in [-0.3, -0.25) is 4.79 Å². The van der Waals surface area contributed by atoms with Crippen LogP contribution in [0.3, 0.4) is 0 Å². The zero-order chi connectivity index (χ0) is 23.3. The maximum absolute atomic E-state index is 12.2. The van der Waals surface area contributed by atoms with Gasteiger partial charge in [-0.1, -0.05) is 70.1 Å². The van der Waals surface area contributed by atoms with Crippen molar-refractivity contribution < 1.29 is 9.53 Å². The van der Waals surface area contributed by atoms with Crippen LogP contribution in [0.25, 0.3) is 11.6 Å². The Labute approximate surface area is 209 Å². The van der Waals surface area contributed by atoms with Gasteiger partial charge in [-0.25, -0.2) is 0 Å². The van der Waals surface area contributed by atoms with Gasteiger partial charge in [0.2, 0.25) is 0 Å². The van der Waals surface area contributed by atoms with Crippen molar-refractivity contribution in [3.05, 3.63) is 90.8 Å². The lowest BCUT2D eigenvalue weighted by Gasteiger charge is -2.12. The Morgan fingerprint density at radius 2 is 1.56 bits per heavy atom. The Morgan fingerprint density at radius 3 is 2.16 bits per heavy atom. The zero-order valence-corrected chi connectivity index (χ0v) is 19.9. The molecule has 0 saturated heterocycles. The molecule has 0 saturated carbocycles. The fourth-order valence-electron chi connectivity index (χ4n) is 2.69. The average molecular weight is 527 g/mol. The van der Waals surface area contributed by atoms with Crippen molar-refractivity contribution in [2.75, 3.05) is 11.9 Å². The number of hydrogen-bond acceptors (Lipinski definition) is 3. The third kappa shape index (κ3) is 6.32. The lowest BCUT2D eigenvalue weighted by atomic mass is 10.0. The number of nitrogens with zero attached hydrogens (tertiary/aromatic N) is 1. The molecular formula is C23H13Cl5N2O2. The first-order valence-electron chi connectivity index (χ1n) is 9.01. The van der Waals surface area contributed by atoms with Crippen molar-refractivity contribution in [3.63, 3.8) is 0 Å². The molecule has 3 aromatic carbocycles. The second kappa shape index (κ2) is 11.0. The highest BCUT2D eigenvalue weighted by Crippen LogP contribution is 2.35. The van der Waals surface area contributed by atoms with E-state index in [9.17, 15) is 10.1 Å². The number of anilines is 1. The largest absolute Gasteiger partial charge is 0.481 e. The van der Waals surface area contributed by atoms with Crippen LogP contribution in [0.1, 0.15) is 11.1 Å². The lowest BCUT2D eigenvalue weighted by molar-refractivity contribution is -0.118. The molecule has 0 bridgehead atoms. The number of carbonyl (C=O) groups excluding carboxylic acids is 1. The molecule has 0 radical (unpaired) electrons. The quantitative estimate of drug-likeness (QED) is 0.261. The first kappa shape index (κ1) is 24.3. The van der Waals surface area contributed by atoms with E-state index in [1.165, 1.54) is 6.07 Å². The van der Waals surface area contributed by atoms with E-state index in [1.54, 1.807) is 54.6 Å². The summed E-state index contributed by atoms with van der Waals surface area (Å²) < 4.78 is 5.50. The van der Waals surface area contributed by atoms with Crippen molar-refractivity contribution >= 4 is 81.2 Å². The van der Waals surface area contributed by atoms with Crippen LogP contribution in [0.5, 0.6) is 5.75 Å². The molecule has 0 atom stereocenters. The molecule has 0 fully saturated rings. The summed E-state index contributed by atoms with van der Waals surface area (Å²) in [7, 11) is 0. The molecule has 0 spiro atoms. The number of allylic oxidation sites excluding steroid dienone is 1. The molecule has 1 amide bonds. The fraction of sp³-hybridized carbons (Fsp3) is 0.0435. The van der Waals surface area contributed by atoms with Crippen molar-refractivity contribution in [1.82, 2.24) is 0 Å². The van der Waals surface area contributed by atoms with E-state index in [2.05, 4.69) is 11.4 Å². The highest BCUT2D eigenvalue weighted by Gasteiger charge is 2.13. The maximum atomic E-state index is 12.2. The van der Waals surface area contributed by atoms with E-state index in [-0.39, 0.29) is 22.4 Å². The smallest absolute Gasteiger partial charge is 0.262 e. The minimum Gasteiger partial charge on any atom is -0.481 e. The number of hydrogen-bond donors (Lipinski definition) is 1. The van der Waals surface area contributed by atoms with Crippen molar-refractivity contribution in [1.29, 1.82) is 5.26 Å². The van der Waals surface area contributed by atoms with Gasteiger partial charge in [-0.05, 0) is 59.7 Å². The third-order valence-corrected chi connectivity index (χ3v) is 5.71. The normalized spacial score (nSPS) is 11.1. The van der Waals surface area contributed by atoms with Crippen LogP contribution in [0, 0.1) is 11.3 Å². The molecule has 4 nitrogen and oxygen atoms in total. The topological polar surface area (TPSA) is 62.1 Å². The van der Waals surface area contributed by atoms with Gasteiger partial charge in [-0.2, -0.15) is 5.26 Å². The summed E-state index contributed by atoms with van der Waals surface area (Å²) in [4.78, 5) is 12.2. The standard InChI is InChI=1S/C23H13Cl5N2O2/c24-16-3-1-14(2-4-16)15(11-29)7-13-8-20(27)23(21(28)9-13)32-12-22(31)30-17-5-6-18(25)19(26)10-17/h1-10H,12H2,(H,30,31)/b15-7+. The molecule has 162 valence electrons. The van der Waals surface area contributed by atoms with Gasteiger partial charge in [-0.15, -0.1) is 0 Å². The molecule has 9 heteroatoms. The van der Waals surface area contributed by atoms with Gasteiger partial charge in [0, 0.05) is 10.7 Å². The summed E-state index contributed by atoms with van der Waals surface area (Å²) in [5.74, 6) is -0.284. The molecule has 32 heavy (non-hydrogen) atoms. The Hall–Kier alpha value is -2.39. The second-order valence-electron chi connectivity index (χ2n) is 6.46. The summed E-state index contributed by atoms with van der Waals surface area (Å²) in [6, 6.07) is 16.9. The first-order chi connectivity index (χ1) is 15.3. The summed E-state index contributed by atoms with van der Waals surface area (Å²) >= 11 is 30.3. The van der Waals surface area contributed by atoms with Crippen LogP contribution in [0.15, 0.2) is 54.6 Å². The minimum atomic E-state index is -0.436. The first-order valence-corrected chi connectivity index (χ1v) is 10.9. The number of halogens is 5. The Morgan fingerprint density at radius 1 is 0.906 bits per heavy atom. The predicted molar refractivity (Wildman–Crippen MR) is 132 cm³/mol. The average Bonchev–Trinajstić information content (AvgIpc) is 2.75. The van der Waals surface area contributed by atoms with Crippen LogP contribution in [0.4, 0.5) is 5.69 Å². The number of ether oxygens (including phenoxy) is 1. The Kier molecular flexibility index (Phi) is 8.31. The monoisotopic (exact) mass is 524 g/mol. The zero-order valence-electron chi connectivity index (χ0n) is 16.1. The van der Waals surface area contributed by atoms with E-state index in [1.807, 2.05) is 0 Å². The molecule has 0 aliphatic carbocycles. The van der Waals surface area contributed by atoms with Crippen molar-refractivity contribution in [2.45, 2.75) is 0 Å². The minimum absolute atomic E-state index is 0.153. The fourth-order valence-corrected chi connectivity index (χ4v) is 3.72. The van der Waals surface area contributed by atoms with Gasteiger partial charge in [0.25, 0.3) is 5.91 Å². The van der Waals surface area contributed by atoms with Crippen LogP contribution in [-0.4, -0.2) is 12.5 Å². The molecular weight excluding hydrogens is 514 g/mol. The number of nitrogens with one attached hydrogen (secondary N) is 1. The molecule has 0 aliphatic heterocycles. The van der Waals surface area contributed by atoms with Crippen LogP contribution in [0.2, 0.25) is 25.1 Å². The van der Waals surface area contributed by atoms with E-state index >= 15 is 0 Å². The van der Waals surface area contributed by atoms with Crippen molar-refractivity contribution in [2.24, 2.45) is 0 Å². The third-order valence-electron chi connectivity index (χ3n) is 4.16. The Bertz CT molecular complexity index is 1210. The predicted octanol–water partition coefficient (Wildman–Crippen LogP) is 8.04. The van der Waals surface area contributed by atoms with E-state index in [4.69, 9.17) is 62.7 Å². The van der Waals surface area contributed by atoms with Gasteiger partial charge in [0.15, 0.2) is 12.4 Å². The molecule has 3 rings (SSSR count). The number of benzene rings is 3. The summed E-state index contributed by atoms with van der Waals surface area (Å²) in [5.41, 5.74) is 2.17. The van der Waals surface area contributed by atoms with E-state index < -0.39 is 5.91 Å². The summed E-state index contributed by atoms with van der Waals surface area (Å²) in [6.07, 6.45) is 1.64. The maximum Gasteiger partial charge on any atom is 0.262 e. The molecule has 1 N–H and O–H groups in total. The van der Waals surface area contributed by atoms with Gasteiger partial charge in [0.05, 0.1) is 31.7 Å². The molecule has 0 heterocycles. The van der Waals surface area contributed by atoms with Crippen LogP contribution >= 0.6 is 58.0 Å². The molecule has 0 unspecified atom stereocenters. The highest BCUT2D eigenvalue weighted by atomic mass is 35.5. The molecule has 3 aromatic rings. The van der Waals surface area contributed by atoms with Gasteiger partial charge < -0.3 is 10.1 Å². The highest BCUT2D eigenvalue weighted by molar-refractivity contribution is 6.42. The Balaban J connectivity index is 1.72. The van der Waals surface area contributed by atoms with Crippen LogP contribution in [-0.2, 0) is 4.79 Å². The molecule has 0 aliphatic rings. The number of rotatable bonds is 6. The van der Waals surface area contributed by atoms with E-state index in [0.29, 0.717) is 37.5 Å². The second-order valence-corrected chi connectivity index (χ2v) is 8.52. The van der Waals surface area contributed by atoms with Gasteiger partial charge >= 0.3 is 0 Å².